The third-order valence-electron chi connectivity index (χ3n) is 3.12. The van der Waals surface area contributed by atoms with E-state index >= 15 is 0 Å². The van der Waals surface area contributed by atoms with E-state index in [2.05, 4.69) is 56.6 Å². The predicted molar refractivity (Wildman–Crippen MR) is 74.9 cm³/mol. The van der Waals surface area contributed by atoms with Crippen LogP contribution in [-0.4, -0.2) is 18.1 Å². The first kappa shape index (κ1) is 10.9. The average Bonchev–Trinajstić information content (AvgIpc) is 2.40. The predicted octanol–water partition coefficient (Wildman–Crippen LogP) is 3.37. The minimum absolute atomic E-state index is 0.946. The Morgan fingerprint density at radius 1 is 1.18 bits per heavy atom. The minimum Gasteiger partial charge on any atom is -0.313 e. The first-order valence-corrected chi connectivity index (χ1v) is 6.59. The molecule has 0 saturated heterocycles. The molecule has 0 saturated carbocycles. The molecule has 1 aromatic carbocycles. The Morgan fingerprint density at radius 2 is 2.12 bits per heavy atom. The maximum Gasteiger partial charge on any atom is 0.0738 e. The van der Waals surface area contributed by atoms with E-state index in [1.54, 1.807) is 0 Å². The van der Waals surface area contributed by atoms with E-state index in [1.165, 1.54) is 16.3 Å². The Hall–Kier alpha value is -1.19. The van der Waals surface area contributed by atoms with Crippen LogP contribution in [0.1, 0.15) is 12.1 Å². The van der Waals surface area contributed by atoms with Crippen molar-refractivity contribution in [3.63, 3.8) is 0 Å². The summed E-state index contributed by atoms with van der Waals surface area (Å²) >= 11 is 3.60. The van der Waals surface area contributed by atoms with Crippen molar-refractivity contribution in [2.45, 2.75) is 6.42 Å². The Morgan fingerprint density at radius 3 is 2.94 bits per heavy atom. The van der Waals surface area contributed by atoms with Gasteiger partial charge in [0, 0.05) is 22.6 Å². The van der Waals surface area contributed by atoms with Gasteiger partial charge in [0.05, 0.1) is 5.69 Å². The molecule has 0 fully saturated rings. The highest BCUT2D eigenvalue weighted by molar-refractivity contribution is 9.10. The third-order valence-corrected chi connectivity index (χ3v) is 3.81. The summed E-state index contributed by atoms with van der Waals surface area (Å²) in [7, 11) is 0. The summed E-state index contributed by atoms with van der Waals surface area (Å²) in [5.41, 5.74) is 2.48. The second-order valence-electron chi connectivity index (χ2n) is 4.18. The minimum atomic E-state index is 0.946. The third kappa shape index (κ3) is 2.01. The molecule has 1 aliphatic heterocycles. The van der Waals surface area contributed by atoms with Gasteiger partial charge in [0.2, 0.25) is 0 Å². The maximum absolute atomic E-state index is 4.55. The molecular formula is C14H13BrN2. The topological polar surface area (TPSA) is 24.9 Å². The van der Waals surface area contributed by atoms with Crippen molar-refractivity contribution in [3.8, 4) is 0 Å². The number of nitrogens with zero attached hydrogens (tertiary/aromatic N) is 1. The number of pyridine rings is 1. The molecular weight excluding hydrogens is 276 g/mol. The molecule has 2 heterocycles. The monoisotopic (exact) mass is 288 g/mol. The van der Waals surface area contributed by atoms with E-state index < -0.39 is 0 Å². The fourth-order valence-electron chi connectivity index (χ4n) is 2.26. The highest BCUT2D eigenvalue weighted by Crippen LogP contribution is 2.29. The molecule has 3 heteroatoms. The van der Waals surface area contributed by atoms with Gasteiger partial charge in [-0.2, -0.15) is 0 Å². The molecule has 1 aliphatic rings. The maximum atomic E-state index is 4.55. The lowest BCUT2D eigenvalue weighted by molar-refractivity contribution is 0.737. The smallest absolute Gasteiger partial charge is 0.0738 e. The number of hydrogen-bond acceptors (Lipinski definition) is 2. The van der Waals surface area contributed by atoms with Crippen LogP contribution in [0.25, 0.3) is 16.3 Å². The van der Waals surface area contributed by atoms with E-state index in [4.69, 9.17) is 0 Å². The van der Waals surface area contributed by atoms with Gasteiger partial charge >= 0.3 is 0 Å². The van der Waals surface area contributed by atoms with Crippen molar-refractivity contribution in [1.82, 2.24) is 10.3 Å². The SMILES string of the molecule is Brc1cccc2c(C3=CCNCC3)nccc12. The van der Waals surface area contributed by atoms with Gasteiger partial charge in [0.25, 0.3) is 0 Å². The van der Waals surface area contributed by atoms with Crippen molar-refractivity contribution in [2.24, 2.45) is 0 Å². The van der Waals surface area contributed by atoms with Gasteiger partial charge in [0.1, 0.15) is 0 Å². The molecule has 0 bridgehead atoms. The summed E-state index contributed by atoms with van der Waals surface area (Å²) in [6.07, 6.45) is 5.19. The standard InChI is InChI=1S/C14H13BrN2/c15-13-3-1-2-12-11(13)6-9-17-14(12)10-4-7-16-8-5-10/h1-4,6,9,16H,5,7-8H2. The molecule has 0 amide bonds. The Labute approximate surface area is 109 Å². The van der Waals surface area contributed by atoms with Gasteiger partial charge in [-0.05, 0) is 36.1 Å². The summed E-state index contributed by atoms with van der Waals surface area (Å²) < 4.78 is 1.13. The molecule has 0 spiro atoms. The van der Waals surface area contributed by atoms with E-state index in [0.29, 0.717) is 0 Å². The molecule has 1 aromatic heterocycles. The van der Waals surface area contributed by atoms with Gasteiger partial charge in [-0.3, -0.25) is 4.98 Å². The molecule has 17 heavy (non-hydrogen) atoms. The zero-order valence-corrected chi connectivity index (χ0v) is 11.0. The quantitative estimate of drug-likeness (QED) is 0.870. The number of nitrogens with one attached hydrogen (secondary N) is 1. The Balaban J connectivity index is 2.23. The summed E-state index contributed by atoms with van der Waals surface area (Å²) in [5, 5.41) is 5.80. The number of halogens is 1. The fraction of sp³-hybridized carbons (Fsp3) is 0.214. The van der Waals surface area contributed by atoms with Crippen LogP contribution in [0.4, 0.5) is 0 Å². The molecule has 0 unspecified atom stereocenters. The molecule has 0 aliphatic carbocycles. The van der Waals surface area contributed by atoms with Crippen molar-refractivity contribution in [1.29, 1.82) is 0 Å². The van der Waals surface area contributed by atoms with Crippen LogP contribution >= 0.6 is 15.9 Å². The second kappa shape index (κ2) is 4.59. The van der Waals surface area contributed by atoms with Crippen molar-refractivity contribution in [2.75, 3.05) is 13.1 Å². The molecule has 1 N–H and O–H groups in total. The van der Waals surface area contributed by atoms with Crippen LogP contribution < -0.4 is 5.32 Å². The van der Waals surface area contributed by atoms with Crippen LogP contribution in [0.3, 0.4) is 0 Å². The van der Waals surface area contributed by atoms with Crippen LogP contribution in [0.15, 0.2) is 41.0 Å². The first-order valence-electron chi connectivity index (χ1n) is 5.79. The number of hydrogen-bond donors (Lipinski definition) is 1. The van der Waals surface area contributed by atoms with Crippen molar-refractivity contribution in [3.05, 3.63) is 46.7 Å². The van der Waals surface area contributed by atoms with Crippen LogP contribution in [0.2, 0.25) is 0 Å². The fourth-order valence-corrected chi connectivity index (χ4v) is 2.76. The average molecular weight is 289 g/mol. The lowest BCUT2D eigenvalue weighted by atomic mass is 10.00. The molecule has 2 nitrogen and oxygen atoms in total. The molecule has 86 valence electrons. The first-order chi connectivity index (χ1) is 8.36. The van der Waals surface area contributed by atoms with Crippen LogP contribution in [0, 0.1) is 0 Å². The summed E-state index contributed by atoms with van der Waals surface area (Å²) in [5.74, 6) is 0. The van der Waals surface area contributed by atoms with Crippen molar-refractivity contribution >= 4 is 32.3 Å². The number of rotatable bonds is 1. The molecule has 2 aromatic rings. The van der Waals surface area contributed by atoms with Gasteiger partial charge in [0.15, 0.2) is 0 Å². The molecule has 0 atom stereocenters. The van der Waals surface area contributed by atoms with Crippen molar-refractivity contribution < 1.29 is 0 Å². The van der Waals surface area contributed by atoms with Gasteiger partial charge in [-0.25, -0.2) is 0 Å². The largest absolute Gasteiger partial charge is 0.313 e. The van der Waals surface area contributed by atoms with E-state index in [-0.39, 0.29) is 0 Å². The highest BCUT2D eigenvalue weighted by Gasteiger charge is 2.11. The Kier molecular flexibility index (Phi) is 2.95. The van der Waals surface area contributed by atoms with Crippen LogP contribution in [-0.2, 0) is 0 Å². The van der Waals surface area contributed by atoms with Gasteiger partial charge in [-0.15, -0.1) is 0 Å². The summed E-state index contributed by atoms with van der Waals surface area (Å²) in [4.78, 5) is 4.55. The molecule has 3 rings (SSSR count). The molecule has 0 radical (unpaired) electrons. The second-order valence-corrected chi connectivity index (χ2v) is 5.03. The Bertz CT molecular complexity index is 590. The zero-order chi connectivity index (χ0) is 11.7. The van der Waals surface area contributed by atoms with Gasteiger partial charge in [-0.1, -0.05) is 34.1 Å². The zero-order valence-electron chi connectivity index (χ0n) is 9.41. The van der Waals surface area contributed by atoms with Gasteiger partial charge < -0.3 is 5.32 Å². The lowest BCUT2D eigenvalue weighted by Gasteiger charge is -2.15. The summed E-state index contributed by atoms with van der Waals surface area (Å²) in [6, 6.07) is 8.35. The lowest BCUT2D eigenvalue weighted by Crippen LogP contribution is -2.20. The van der Waals surface area contributed by atoms with E-state index in [9.17, 15) is 0 Å². The summed E-state index contributed by atoms with van der Waals surface area (Å²) in [6.45, 7) is 1.99. The normalized spacial score (nSPS) is 15.9. The highest BCUT2D eigenvalue weighted by atomic mass is 79.9. The van der Waals surface area contributed by atoms with E-state index in [0.717, 1.165) is 29.7 Å². The number of fused-ring (bicyclic) bond motifs is 1. The van der Waals surface area contributed by atoms with Crippen LogP contribution in [0.5, 0.6) is 0 Å². The number of benzene rings is 1. The van der Waals surface area contributed by atoms with E-state index in [1.807, 2.05) is 6.20 Å². The number of aromatic nitrogens is 1.